The summed E-state index contributed by atoms with van der Waals surface area (Å²) in [7, 11) is -2.19. The number of fused-ring (bicyclic) bond motifs is 1. The fourth-order valence-corrected chi connectivity index (χ4v) is 7.25. The lowest BCUT2D eigenvalue weighted by molar-refractivity contribution is 0.111. The van der Waals surface area contributed by atoms with Gasteiger partial charge in [-0.3, -0.25) is 4.98 Å². The van der Waals surface area contributed by atoms with Gasteiger partial charge in [0.2, 0.25) is 0 Å². The van der Waals surface area contributed by atoms with Crippen molar-refractivity contribution in [2.75, 3.05) is 0 Å². The number of aromatic nitrogens is 6. The Bertz CT molecular complexity index is 1650. The Hall–Kier alpha value is -3.56. The number of nitrogens with one attached hydrogen (secondary N) is 1. The fourth-order valence-electron chi connectivity index (χ4n) is 5.34. The van der Waals surface area contributed by atoms with Crippen LogP contribution in [0.4, 0.5) is 0 Å². The molecule has 202 valence electrons. The van der Waals surface area contributed by atoms with Gasteiger partial charge in [0.05, 0.1) is 22.4 Å². The maximum Gasteiger partial charge on any atom is 0.191 e. The molecule has 1 aromatic carbocycles. The zero-order chi connectivity index (χ0) is 27.7. The summed E-state index contributed by atoms with van der Waals surface area (Å²) in [5.74, 6) is 2.66. The predicted octanol–water partition coefficient (Wildman–Crippen LogP) is 6.44. The van der Waals surface area contributed by atoms with Gasteiger partial charge < -0.3 is 18.8 Å². The van der Waals surface area contributed by atoms with Gasteiger partial charge in [0.15, 0.2) is 13.8 Å². The highest BCUT2D eigenvalue weighted by Crippen LogP contribution is 2.46. The highest BCUT2D eigenvalue weighted by Gasteiger charge is 2.47. The van der Waals surface area contributed by atoms with E-state index in [9.17, 15) is 5.11 Å². The minimum atomic E-state index is -2.19. The molecule has 2 N–H and O–H groups in total. The van der Waals surface area contributed by atoms with Crippen LogP contribution in [0.3, 0.4) is 0 Å². The van der Waals surface area contributed by atoms with Crippen molar-refractivity contribution in [3.63, 3.8) is 0 Å². The molecule has 1 unspecified atom stereocenters. The summed E-state index contributed by atoms with van der Waals surface area (Å²) in [6.45, 7) is 15.3. The molecule has 1 aliphatic rings. The summed E-state index contributed by atoms with van der Waals surface area (Å²) >= 11 is 0. The molecule has 1 atom stereocenters. The third kappa shape index (κ3) is 3.98. The minimum absolute atomic E-state index is 0.00676. The zero-order valence-electron chi connectivity index (χ0n) is 23.7. The van der Waals surface area contributed by atoms with Gasteiger partial charge in [-0.2, -0.15) is 0 Å². The molecule has 0 spiro atoms. The molecule has 1 saturated carbocycles. The summed E-state index contributed by atoms with van der Waals surface area (Å²) in [6, 6.07) is 9.74. The molecule has 39 heavy (non-hydrogen) atoms. The first-order chi connectivity index (χ1) is 18.4. The molecule has 8 nitrogen and oxygen atoms in total. The van der Waals surface area contributed by atoms with Crippen molar-refractivity contribution in [3.8, 4) is 11.1 Å². The molecule has 0 bridgehead atoms. The first-order valence-corrected chi connectivity index (χ1v) is 16.5. The van der Waals surface area contributed by atoms with Crippen LogP contribution in [0.1, 0.15) is 73.9 Å². The average molecular weight is 541 g/mol. The number of H-pyrrole nitrogens is 1. The van der Waals surface area contributed by atoms with Crippen molar-refractivity contribution in [2.45, 2.75) is 77.1 Å². The Kier molecular flexibility index (Phi) is 5.75. The number of aliphatic hydroxyl groups is 1. The van der Waals surface area contributed by atoms with E-state index in [2.05, 4.69) is 54.3 Å². The summed E-state index contributed by atoms with van der Waals surface area (Å²) in [5.41, 5.74) is 3.69. The van der Waals surface area contributed by atoms with Crippen LogP contribution in [-0.4, -0.2) is 42.7 Å². The van der Waals surface area contributed by atoms with Crippen LogP contribution in [0.5, 0.6) is 0 Å². The Morgan fingerprint density at radius 3 is 2.46 bits per heavy atom. The zero-order valence-corrected chi connectivity index (χ0v) is 24.7. The van der Waals surface area contributed by atoms with Crippen LogP contribution in [-0.2, 0) is 5.60 Å². The monoisotopic (exact) mass is 540 g/mol. The number of rotatable bonds is 6. The Labute approximate surface area is 229 Å². The van der Waals surface area contributed by atoms with Crippen LogP contribution < -0.4 is 0 Å². The molecule has 4 aromatic heterocycles. The van der Waals surface area contributed by atoms with Gasteiger partial charge in [-0.05, 0) is 61.6 Å². The molecule has 9 heteroatoms. The number of nitrogens with zero attached hydrogens (tertiary/aromatic N) is 5. The van der Waals surface area contributed by atoms with Gasteiger partial charge in [0.1, 0.15) is 17.4 Å². The van der Waals surface area contributed by atoms with Crippen LogP contribution >= 0.6 is 0 Å². The normalized spacial score (nSPS) is 16.1. The largest absolute Gasteiger partial charge is 0.372 e. The van der Waals surface area contributed by atoms with E-state index in [0.717, 1.165) is 52.3 Å². The minimum Gasteiger partial charge on any atom is -0.372 e. The van der Waals surface area contributed by atoms with Gasteiger partial charge in [0, 0.05) is 35.6 Å². The van der Waals surface area contributed by atoms with Crippen molar-refractivity contribution in [1.29, 1.82) is 0 Å². The number of aryl methyl sites for hydroxylation is 2. The summed E-state index contributed by atoms with van der Waals surface area (Å²) in [6.07, 6.45) is 7.75. The van der Waals surface area contributed by atoms with E-state index >= 15 is 0 Å². The van der Waals surface area contributed by atoms with E-state index in [1.54, 1.807) is 12.4 Å². The second kappa shape index (κ2) is 8.72. The Balaban J connectivity index is 1.71. The van der Waals surface area contributed by atoms with Crippen molar-refractivity contribution in [1.82, 2.24) is 29.3 Å². The predicted molar refractivity (Wildman–Crippen MR) is 154 cm³/mol. The van der Waals surface area contributed by atoms with E-state index in [1.165, 1.54) is 0 Å². The average Bonchev–Trinajstić information content (AvgIpc) is 3.29. The lowest BCUT2D eigenvalue weighted by atomic mass is 9.85. The van der Waals surface area contributed by atoms with Gasteiger partial charge in [-0.15, -0.1) is 0 Å². The molecule has 0 saturated heterocycles. The number of pyridine rings is 1. The first-order valence-electron chi connectivity index (χ1n) is 13.6. The molecule has 0 radical (unpaired) electrons. The van der Waals surface area contributed by atoms with Gasteiger partial charge in [-0.25, -0.2) is 9.97 Å². The number of hydrogen-bond acceptors (Lipinski definition) is 6. The smallest absolute Gasteiger partial charge is 0.191 e. The van der Waals surface area contributed by atoms with Crippen LogP contribution in [0.25, 0.3) is 22.2 Å². The quantitative estimate of drug-likeness (QED) is 0.240. The molecule has 0 amide bonds. The number of hydrogen-bond donors (Lipinski definition) is 2. The highest BCUT2D eigenvalue weighted by molar-refractivity contribution is 6.78. The third-order valence-corrected chi connectivity index (χ3v) is 14.0. The Morgan fingerprint density at radius 1 is 1.08 bits per heavy atom. The van der Waals surface area contributed by atoms with E-state index in [0.29, 0.717) is 23.0 Å². The van der Waals surface area contributed by atoms with Crippen LogP contribution in [0, 0.1) is 13.8 Å². The fraction of sp³-hybridized carbons (Fsp3) is 0.400. The van der Waals surface area contributed by atoms with Crippen LogP contribution in [0.15, 0.2) is 53.4 Å². The summed E-state index contributed by atoms with van der Waals surface area (Å²) in [4.78, 5) is 18.2. The van der Waals surface area contributed by atoms with E-state index in [-0.39, 0.29) is 5.04 Å². The number of imidazole rings is 2. The lowest BCUT2D eigenvalue weighted by Gasteiger charge is -2.41. The van der Waals surface area contributed by atoms with Crippen LogP contribution in [0.2, 0.25) is 18.1 Å². The van der Waals surface area contributed by atoms with Gasteiger partial charge >= 0.3 is 0 Å². The van der Waals surface area contributed by atoms with E-state index in [4.69, 9.17) is 19.5 Å². The molecular weight excluding hydrogens is 504 g/mol. The second-order valence-electron chi connectivity index (χ2n) is 12.4. The standard InChI is InChI=1S/C30H36N6O2Si/c1-18-25(19(2)38-35-18)21-16-22(26-23(17-21)33-27(34-26)20-11-12-20)30(37,24-10-8-9-13-31-24)28-32-14-15-36(28)39(6,7)29(3,4)5/h8-10,13-17,20,37H,11-12H2,1-7H3,(H,33,34). The molecular formula is C30H36N6O2Si. The molecule has 6 rings (SSSR count). The molecule has 4 heterocycles. The number of aromatic amines is 1. The SMILES string of the molecule is Cc1noc(C)c1-c1cc(C(O)(c2ccccn2)c2nccn2[Si](C)(C)C(C)(C)C)c2nc(C3CC3)[nH]c2c1. The maximum atomic E-state index is 13.1. The molecule has 0 aliphatic heterocycles. The first kappa shape index (κ1) is 25.7. The van der Waals surface area contributed by atoms with Crippen molar-refractivity contribution >= 4 is 19.3 Å². The van der Waals surface area contributed by atoms with Gasteiger partial charge in [0.25, 0.3) is 0 Å². The molecule has 1 aliphatic carbocycles. The summed E-state index contributed by atoms with van der Waals surface area (Å²) in [5, 5.41) is 17.3. The highest BCUT2D eigenvalue weighted by atomic mass is 28.3. The molecule has 5 aromatic rings. The van der Waals surface area contributed by atoms with E-state index in [1.807, 2.05) is 44.3 Å². The lowest BCUT2D eigenvalue weighted by Crippen LogP contribution is -2.49. The number of benzene rings is 1. The van der Waals surface area contributed by atoms with Crippen molar-refractivity contribution in [2.24, 2.45) is 0 Å². The second-order valence-corrected chi connectivity index (χ2v) is 17.5. The summed E-state index contributed by atoms with van der Waals surface area (Å²) < 4.78 is 7.76. The van der Waals surface area contributed by atoms with E-state index < -0.39 is 13.8 Å². The molecule has 1 fully saturated rings. The third-order valence-electron chi connectivity index (χ3n) is 8.72. The van der Waals surface area contributed by atoms with Gasteiger partial charge in [-0.1, -0.05) is 45.1 Å². The maximum absolute atomic E-state index is 13.1. The van der Waals surface area contributed by atoms with Crippen molar-refractivity contribution in [3.05, 3.63) is 83.3 Å². The Morgan fingerprint density at radius 2 is 1.85 bits per heavy atom. The topological polar surface area (TPSA) is 106 Å². The van der Waals surface area contributed by atoms with Crippen molar-refractivity contribution < 1.29 is 9.63 Å².